The van der Waals surface area contributed by atoms with E-state index in [1.165, 1.54) is 12.8 Å². The first kappa shape index (κ1) is 15.2. The standard InChI is InChI=1S/C10H20O2.ClH/c1-4-5-6-7-10(2,3)8-9(11)12;/h4-8H2,1-3H3,(H,11,12);1H. The van der Waals surface area contributed by atoms with Gasteiger partial charge in [0.1, 0.15) is 0 Å². The third kappa shape index (κ3) is 9.68. The highest BCUT2D eigenvalue weighted by Crippen LogP contribution is 2.27. The Bertz CT molecular complexity index is 144. The number of hydrogen-bond acceptors (Lipinski definition) is 1. The minimum atomic E-state index is -0.684. The smallest absolute Gasteiger partial charge is 0.303 e. The van der Waals surface area contributed by atoms with Crippen LogP contribution < -0.4 is 0 Å². The van der Waals surface area contributed by atoms with Gasteiger partial charge in [0.2, 0.25) is 0 Å². The van der Waals surface area contributed by atoms with Crippen molar-refractivity contribution in [2.24, 2.45) is 5.41 Å². The van der Waals surface area contributed by atoms with Gasteiger partial charge in [-0.2, -0.15) is 0 Å². The molecule has 0 aliphatic carbocycles. The molecule has 0 aromatic rings. The van der Waals surface area contributed by atoms with Gasteiger partial charge in [-0.15, -0.1) is 12.4 Å². The van der Waals surface area contributed by atoms with Crippen molar-refractivity contribution in [3.8, 4) is 0 Å². The van der Waals surface area contributed by atoms with Crippen molar-refractivity contribution >= 4 is 18.4 Å². The number of unbranched alkanes of at least 4 members (excludes halogenated alkanes) is 2. The second-order valence-electron chi connectivity index (χ2n) is 4.19. The summed E-state index contributed by atoms with van der Waals surface area (Å²) in [5, 5.41) is 8.61. The van der Waals surface area contributed by atoms with E-state index < -0.39 is 5.97 Å². The van der Waals surface area contributed by atoms with Crippen LogP contribution >= 0.6 is 12.4 Å². The Morgan fingerprint density at radius 3 is 2.23 bits per heavy atom. The largest absolute Gasteiger partial charge is 0.481 e. The lowest BCUT2D eigenvalue weighted by Crippen LogP contribution is -2.16. The second kappa shape index (κ2) is 7.19. The Labute approximate surface area is 87.1 Å². The topological polar surface area (TPSA) is 37.3 Å². The Balaban J connectivity index is 0. The average molecular weight is 209 g/mol. The molecule has 0 heterocycles. The van der Waals surface area contributed by atoms with E-state index in [2.05, 4.69) is 6.92 Å². The molecule has 0 aliphatic rings. The molecule has 0 aromatic carbocycles. The molecular weight excluding hydrogens is 188 g/mol. The van der Waals surface area contributed by atoms with Crippen LogP contribution in [0.3, 0.4) is 0 Å². The Hall–Kier alpha value is -0.240. The maximum Gasteiger partial charge on any atom is 0.303 e. The van der Waals surface area contributed by atoms with Crippen LogP contribution in [0, 0.1) is 5.41 Å². The molecule has 0 aliphatic heterocycles. The van der Waals surface area contributed by atoms with Crippen molar-refractivity contribution < 1.29 is 9.90 Å². The van der Waals surface area contributed by atoms with Crippen LogP contribution in [0.5, 0.6) is 0 Å². The number of aliphatic carboxylic acids is 1. The summed E-state index contributed by atoms with van der Waals surface area (Å²) in [5.41, 5.74) is -0.0268. The molecule has 0 fully saturated rings. The maximum atomic E-state index is 10.4. The van der Waals surface area contributed by atoms with Crippen LogP contribution in [0.1, 0.15) is 52.9 Å². The Morgan fingerprint density at radius 2 is 1.85 bits per heavy atom. The molecule has 13 heavy (non-hydrogen) atoms. The summed E-state index contributed by atoms with van der Waals surface area (Å²) in [6, 6.07) is 0. The average Bonchev–Trinajstić information content (AvgIpc) is 1.84. The maximum absolute atomic E-state index is 10.4. The van der Waals surface area contributed by atoms with Gasteiger partial charge in [-0.3, -0.25) is 4.79 Å². The number of carboxylic acid groups (broad SMARTS) is 1. The van der Waals surface area contributed by atoms with Crippen molar-refractivity contribution in [2.75, 3.05) is 0 Å². The molecule has 3 heteroatoms. The molecule has 0 rings (SSSR count). The highest BCUT2D eigenvalue weighted by atomic mass is 35.5. The van der Waals surface area contributed by atoms with Crippen molar-refractivity contribution in [1.29, 1.82) is 0 Å². The summed E-state index contributed by atoms with van der Waals surface area (Å²) < 4.78 is 0. The van der Waals surface area contributed by atoms with Gasteiger partial charge in [-0.1, -0.05) is 40.0 Å². The lowest BCUT2D eigenvalue weighted by molar-refractivity contribution is -0.139. The minimum Gasteiger partial charge on any atom is -0.481 e. The van der Waals surface area contributed by atoms with Crippen LogP contribution in [0.15, 0.2) is 0 Å². The van der Waals surface area contributed by atoms with Gasteiger partial charge in [0.15, 0.2) is 0 Å². The summed E-state index contributed by atoms with van der Waals surface area (Å²) in [6.07, 6.45) is 4.87. The van der Waals surface area contributed by atoms with Crippen molar-refractivity contribution in [2.45, 2.75) is 52.9 Å². The molecule has 0 bridgehead atoms. The molecule has 0 saturated heterocycles. The van der Waals surface area contributed by atoms with Crippen LogP contribution in [-0.2, 0) is 4.79 Å². The predicted octanol–water partition coefficient (Wildman–Crippen LogP) is 3.49. The van der Waals surface area contributed by atoms with Gasteiger partial charge >= 0.3 is 5.97 Å². The number of halogens is 1. The number of rotatable bonds is 6. The molecule has 0 spiro atoms. The van der Waals surface area contributed by atoms with Gasteiger partial charge < -0.3 is 5.11 Å². The molecule has 0 amide bonds. The summed E-state index contributed by atoms with van der Waals surface area (Å²) in [6.45, 7) is 6.21. The molecular formula is C10H21ClO2. The number of hydrogen-bond donors (Lipinski definition) is 1. The zero-order valence-corrected chi connectivity index (χ0v) is 9.62. The van der Waals surface area contributed by atoms with Gasteiger partial charge in [0.25, 0.3) is 0 Å². The lowest BCUT2D eigenvalue weighted by Gasteiger charge is -2.21. The van der Waals surface area contributed by atoms with Gasteiger partial charge in [0, 0.05) is 0 Å². The quantitative estimate of drug-likeness (QED) is 0.679. The van der Waals surface area contributed by atoms with Crippen molar-refractivity contribution in [3.63, 3.8) is 0 Å². The van der Waals surface area contributed by atoms with E-state index in [-0.39, 0.29) is 24.2 Å². The summed E-state index contributed by atoms with van der Waals surface area (Å²) in [7, 11) is 0. The first-order valence-corrected chi connectivity index (χ1v) is 4.70. The summed E-state index contributed by atoms with van der Waals surface area (Å²) >= 11 is 0. The van der Waals surface area contributed by atoms with E-state index >= 15 is 0 Å². The van der Waals surface area contributed by atoms with Crippen LogP contribution in [0.4, 0.5) is 0 Å². The fraction of sp³-hybridized carbons (Fsp3) is 0.900. The predicted molar refractivity (Wildman–Crippen MR) is 57.4 cm³/mol. The number of carbonyl (C=O) groups is 1. The zero-order chi connectivity index (χ0) is 9.61. The van der Waals surface area contributed by atoms with Gasteiger partial charge in [-0.05, 0) is 11.8 Å². The van der Waals surface area contributed by atoms with Crippen LogP contribution in [0.2, 0.25) is 0 Å². The highest BCUT2D eigenvalue weighted by Gasteiger charge is 2.20. The van der Waals surface area contributed by atoms with E-state index in [4.69, 9.17) is 5.11 Å². The van der Waals surface area contributed by atoms with Gasteiger partial charge in [-0.25, -0.2) is 0 Å². The molecule has 0 radical (unpaired) electrons. The molecule has 80 valence electrons. The fourth-order valence-corrected chi connectivity index (χ4v) is 1.35. The minimum absolute atomic E-state index is 0. The Morgan fingerprint density at radius 1 is 1.31 bits per heavy atom. The molecule has 2 nitrogen and oxygen atoms in total. The van der Waals surface area contributed by atoms with E-state index in [9.17, 15) is 4.79 Å². The fourth-order valence-electron chi connectivity index (χ4n) is 1.35. The normalized spacial score (nSPS) is 10.7. The Kier molecular flexibility index (Phi) is 8.43. The third-order valence-electron chi connectivity index (χ3n) is 2.09. The van der Waals surface area contributed by atoms with Crippen molar-refractivity contribution in [1.82, 2.24) is 0 Å². The van der Waals surface area contributed by atoms with E-state index in [1.54, 1.807) is 0 Å². The number of carboxylic acids is 1. The van der Waals surface area contributed by atoms with E-state index in [0.29, 0.717) is 0 Å². The molecule has 0 aromatic heterocycles. The summed E-state index contributed by atoms with van der Waals surface area (Å²) in [5.74, 6) is -0.684. The monoisotopic (exact) mass is 208 g/mol. The molecule has 1 N–H and O–H groups in total. The van der Waals surface area contributed by atoms with Crippen LogP contribution in [0.25, 0.3) is 0 Å². The van der Waals surface area contributed by atoms with Gasteiger partial charge in [0.05, 0.1) is 6.42 Å². The van der Waals surface area contributed by atoms with Crippen LogP contribution in [-0.4, -0.2) is 11.1 Å². The summed E-state index contributed by atoms with van der Waals surface area (Å²) in [4.78, 5) is 10.4. The van der Waals surface area contributed by atoms with E-state index in [1.807, 2.05) is 13.8 Å². The highest BCUT2D eigenvalue weighted by molar-refractivity contribution is 5.85. The zero-order valence-electron chi connectivity index (χ0n) is 8.80. The van der Waals surface area contributed by atoms with E-state index in [0.717, 1.165) is 12.8 Å². The molecule has 0 unspecified atom stereocenters. The molecule has 0 atom stereocenters. The second-order valence-corrected chi connectivity index (χ2v) is 4.19. The molecule has 0 saturated carbocycles. The first-order chi connectivity index (χ1) is 5.48. The first-order valence-electron chi connectivity index (χ1n) is 4.70. The third-order valence-corrected chi connectivity index (χ3v) is 2.09. The van der Waals surface area contributed by atoms with Crippen molar-refractivity contribution in [3.05, 3.63) is 0 Å². The SMILES string of the molecule is CCCCCC(C)(C)CC(=O)O.Cl. The lowest BCUT2D eigenvalue weighted by atomic mass is 9.84.